The molecule has 0 bridgehead atoms. The Labute approximate surface area is 152 Å². The van der Waals surface area contributed by atoms with Crippen molar-refractivity contribution in [3.63, 3.8) is 0 Å². The molecule has 1 saturated carbocycles. The minimum atomic E-state index is -1.03. The Hall–Kier alpha value is -2.67. The van der Waals surface area contributed by atoms with Gasteiger partial charge in [-0.1, -0.05) is 0 Å². The van der Waals surface area contributed by atoms with Crippen LogP contribution < -0.4 is 15.8 Å². The van der Waals surface area contributed by atoms with Gasteiger partial charge in [0, 0.05) is 23.8 Å². The van der Waals surface area contributed by atoms with E-state index in [1.54, 1.807) is 24.4 Å². The first-order chi connectivity index (χ1) is 12.6. The van der Waals surface area contributed by atoms with E-state index in [0.717, 1.165) is 25.7 Å². The molecular formula is C19H24N4O3. The molecule has 2 aromatic rings. The molecular weight excluding hydrogens is 332 g/mol. The molecule has 138 valence electrons. The van der Waals surface area contributed by atoms with Crippen molar-refractivity contribution >= 4 is 11.9 Å². The first-order valence-corrected chi connectivity index (χ1v) is 8.92. The number of carbonyl (C=O) groups is 1. The number of anilines is 1. The van der Waals surface area contributed by atoms with Crippen molar-refractivity contribution in [3.8, 4) is 17.0 Å². The monoisotopic (exact) mass is 356 g/mol. The largest absolute Gasteiger partial charge is 0.493 e. The molecule has 0 saturated heterocycles. The molecule has 0 radical (unpaired) electrons. The number of ether oxygens (including phenoxy) is 1. The number of benzene rings is 1. The van der Waals surface area contributed by atoms with Gasteiger partial charge in [0.05, 0.1) is 12.3 Å². The fraction of sp³-hybridized carbons (Fsp3) is 0.421. The maximum Gasteiger partial charge on any atom is 0.339 e. The van der Waals surface area contributed by atoms with E-state index in [9.17, 15) is 9.90 Å². The Morgan fingerprint density at radius 2 is 2.08 bits per heavy atom. The average molecular weight is 356 g/mol. The summed E-state index contributed by atoms with van der Waals surface area (Å²) in [5, 5.41) is 12.8. The normalized spacial score (nSPS) is 19.8. The van der Waals surface area contributed by atoms with Gasteiger partial charge in [-0.25, -0.2) is 14.8 Å². The number of carboxylic acid groups (broad SMARTS) is 1. The predicted octanol–water partition coefficient (Wildman–Crippen LogP) is 2.92. The zero-order chi connectivity index (χ0) is 18.5. The molecule has 1 aliphatic carbocycles. The fourth-order valence-corrected chi connectivity index (χ4v) is 3.17. The van der Waals surface area contributed by atoms with Crippen LogP contribution >= 0.6 is 0 Å². The zero-order valence-corrected chi connectivity index (χ0v) is 14.8. The molecule has 3 rings (SSSR count). The van der Waals surface area contributed by atoms with Crippen LogP contribution in [0.4, 0.5) is 5.95 Å². The first-order valence-electron chi connectivity index (χ1n) is 8.92. The number of nitrogens with zero attached hydrogens (tertiary/aromatic N) is 2. The van der Waals surface area contributed by atoms with Crippen LogP contribution in [0.5, 0.6) is 5.75 Å². The second-order valence-electron chi connectivity index (χ2n) is 6.47. The van der Waals surface area contributed by atoms with Crippen molar-refractivity contribution in [1.82, 2.24) is 9.97 Å². The number of hydrogen-bond acceptors (Lipinski definition) is 6. The van der Waals surface area contributed by atoms with Crippen molar-refractivity contribution in [2.24, 2.45) is 5.73 Å². The summed E-state index contributed by atoms with van der Waals surface area (Å²) in [6.07, 6.45) is 5.68. The van der Waals surface area contributed by atoms with Crippen LogP contribution in [0.15, 0.2) is 30.5 Å². The third-order valence-corrected chi connectivity index (χ3v) is 4.57. The highest BCUT2D eigenvalue weighted by Crippen LogP contribution is 2.27. The number of nitrogens with one attached hydrogen (secondary N) is 1. The van der Waals surface area contributed by atoms with Gasteiger partial charge in [0.1, 0.15) is 11.3 Å². The molecule has 0 amide bonds. The second-order valence-corrected chi connectivity index (χ2v) is 6.47. The summed E-state index contributed by atoms with van der Waals surface area (Å²) in [6.45, 7) is 2.23. The third-order valence-electron chi connectivity index (χ3n) is 4.57. The van der Waals surface area contributed by atoms with Gasteiger partial charge < -0.3 is 20.9 Å². The predicted molar refractivity (Wildman–Crippen MR) is 99.5 cm³/mol. The molecule has 7 heteroatoms. The van der Waals surface area contributed by atoms with Gasteiger partial charge in [-0.3, -0.25) is 0 Å². The lowest BCUT2D eigenvalue weighted by Gasteiger charge is -2.26. The molecule has 7 nitrogen and oxygen atoms in total. The topological polar surface area (TPSA) is 110 Å². The van der Waals surface area contributed by atoms with Gasteiger partial charge in [0.25, 0.3) is 0 Å². The summed E-state index contributed by atoms with van der Waals surface area (Å²) in [4.78, 5) is 20.3. The smallest absolute Gasteiger partial charge is 0.339 e. The highest BCUT2D eigenvalue weighted by Gasteiger charge is 2.19. The van der Waals surface area contributed by atoms with Crippen molar-refractivity contribution in [3.05, 3.63) is 36.0 Å². The van der Waals surface area contributed by atoms with E-state index in [2.05, 4.69) is 15.3 Å². The lowest BCUT2D eigenvalue weighted by Crippen LogP contribution is -2.33. The number of aromatic nitrogens is 2. The van der Waals surface area contributed by atoms with E-state index >= 15 is 0 Å². The molecule has 4 N–H and O–H groups in total. The summed E-state index contributed by atoms with van der Waals surface area (Å²) >= 11 is 0. The van der Waals surface area contributed by atoms with E-state index < -0.39 is 5.97 Å². The van der Waals surface area contributed by atoms with E-state index in [4.69, 9.17) is 10.5 Å². The number of rotatable bonds is 6. The van der Waals surface area contributed by atoms with E-state index in [0.29, 0.717) is 41.6 Å². The first kappa shape index (κ1) is 18.1. The Morgan fingerprint density at radius 3 is 2.77 bits per heavy atom. The van der Waals surface area contributed by atoms with Crippen LogP contribution in [0.2, 0.25) is 0 Å². The van der Waals surface area contributed by atoms with Crippen LogP contribution in [-0.4, -0.2) is 39.7 Å². The summed E-state index contributed by atoms with van der Waals surface area (Å²) in [5.41, 5.74) is 7.45. The van der Waals surface area contributed by atoms with E-state index in [1.165, 1.54) is 0 Å². The minimum Gasteiger partial charge on any atom is -0.493 e. The molecule has 1 fully saturated rings. The Bertz CT molecular complexity index is 773. The Balaban J connectivity index is 1.81. The lowest BCUT2D eigenvalue weighted by atomic mass is 9.92. The lowest BCUT2D eigenvalue weighted by molar-refractivity contribution is 0.0692. The van der Waals surface area contributed by atoms with Crippen molar-refractivity contribution in [2.45, 2.75) is 44.7 Å². The Kier molecular flexibility index (Phi) is 5.68. The van der Waals surface area contributed by atoms with Gasteiger partial charge in [-0.2, -0.15) is 0 Å². The summed E-state index contributed by atoms with van der Waals surface area (Å²) in [5.74, 6) is -0.121. The van der Waals surface area contributed by atoms with Crippen LogP contribution in [0, 0.1) is 0 Å². The summed E-state index contributed by atoms with van der Waals surface area (Å²) < 4.78 is 5.39. The molecule has 1 aromatic heterocycles. The molecule has 1 heterocycles. The molecule has 1 aromatic carbocycles. The van der Waals surface area contributed by atoms with Crippen LogP contribution in [0.3, 0.4) is 0 Å². The quantitative estimate of drug-likeness (QED) is 0.730. The van der Waals surface area contributed by atoms with Gasteiger partial charge in [0.2, 0.25) is 5.95 Å². The van der Waals surface area contributed by atoms with Crippen LogP contribution in [0.25, 0.3) is 11.3 Å². The van der Waals surface area contributed by atoms with E-state index in [1.807, 2.05) is 13.0 Å². The second kappa shape index (κ2) is 8.14. The maximum atomic E-state index is 11.5. The minimum absolute atomic E-state index is 0.124. The third kappa shape index (κ3) is 4.29. The number of aromatic carboxylic acids is 1. The van der Waals surface area contributed by atoms with Crippen LogP contribution in [0.1, 0.15) is 43.0 Å². The number of carboxylic acids is 1. The number of hydrogen-bond donors (Lipinski definition) is 3. The van der Waals surface area contributed by atoms with Gasteiger partial charge in [-0.05, 0) is 56.9 Å². The van der Waals surface area contributed by atoms with Crippen molar-refractivity contribution in [2.75, 3.05) is 11.9 Å². The molecule has 1 aliphatic rings. The van der Waals surface area contributed by atoms with Gasteiger partial charge in [0.15, 0.2) is 0 Å². The van der Waals surface area contributed by atoms with Gasteiger partial charge >= 0.3 is 5.97 Å². The Morgan fingerprint density at radius 1 is 1.31 bits per heavy atom. The molecule has 0 unspecified atom stereocenters. The molecule has 26 heavy (non-hydrogen) atoms. The number of nitrogens with two attached hydrogens (primary N) is 1. The highest BCUT2D eigenvalue weighted by atomic mass is 16.5. The zero-order valence-electron chi connectivity index (χ0n) is 14.8. The van der Waals surface area contributed by atoms with E-state index in [-0.39, 0.29) is 5.56 Å². The van der Waals surface area contributed by atoms with Crippen molar-refractivity contribution < 1.29 is 14.6 Å². The molecule has 0 aliphatic heterocycles. The van der Waals surface area contributed by atoms with Crippen LogP contribution in [-0.2, 0) is 0 Å². The standard InChI is InChI=1S/C19H24N4O3/c1-2-26-17-8-3-12(11-15(17)18(24)25)16-9-10-21-19(23-16)22-14-6-4-13(20)5-7-14/h3,8-11,13-14H,2,4-7,20H2,1H3,(H,24,25)(H,21,22,23). The molecule has 0 spiro atoms. The average Bonchev–Trinajstić information content (AvgIpc) is 2.64. The maximum absolute atomic E-state index is 11.5. The van der Waals surface area contributed by atoms with Crippen molar-refractivity contribution in [1.29, 1.82) is 0 Å². The summed E-state index contributed by atoms with van der Waals surface area (Å²) in [6, 6.07) is 7.43. The summed E-state index contributed by atoms with van der Waals surface area (Å²) in [7, 11) is 0. The molecule has 0 atom stereocenters. The fourth-order valence-electron chi connectivity index (χ4n) is 3.17. The SMILES string of the molecule is CCOc1ccc(-c2ccnc(NC3CCC(N)CC3)n2)cc1C(=O)O. The van der Waals surface area contributed by atoms with Gasteiger partial charge in [-0.15, -0.1) is 0 Å². The highest BCUT2D eigenvalue weighted by molar-refractivity contribution is 5.92.